The minimum absolute atomic E-state index is 0.184. The van der Waals surface area contributed by atoms with E-state index in [0.717, 1.165) is 10.6 Å². The fourth-order valence-electron chi connectivity index (χ4n) is 2.75. The van der Waals surface area contributed by atoms with E-state index in [-0.39, 0.29) is 17.9 Å². The molecular formula is C18H19ClFN. The van der Waals surface area contributed by atoms with Gasteiger partial charge < -0.3 is 5.32 Å². The second kappa shape index (κ2) is 6.17. The minimum atomic E-state index is -0.184. The second-order valence-electron chi connectivity index (χ2n) is 5.81. The molecule has 1 N–H and O–H groups in total. The van der Waals surface area contributed by atoms with Gasteiger partial charge in [-0.1, -0.05) is 35.9 Å². The van der Waals surface area contributed by atoms with Gasteiger partial charge in [0.2, 0.25) is 0 Å². The summed E-state index contributed by atoms with van der Waals surface area (Å²) in [6.07, 6.45) is 2.47. The third kappa shape index (κ3) is 3.63. The molecule has 1 aliphatic rings. The molecule has 3 rings (SSSR count). The third-order valence-corrected chi connectivity index (χ3v) is 4.34. The monoisotopic (exact) mass is 303 g/mol. The number of benzene rings is 2. The average Bonchev–Trinajstić information content (AvgIpc) is 3.30. The normalized spacial score (nSPS) is 17.5. The summed E-state index contributed by atoms with van der Waals surface area (Å²) in [5, 5.41) is 4.43. The predicted octanol–water partition coefficient (Wildman–Crippen LogP) is 5.28. The maximum absolute atomic E-state index is 13.1. The number of nitrogens with one attached hydrogen (secondary N) is 1. The first-order valence-corrected chi connectivity index (χ1v) is 7.78. The van der Waals surface area contributed by atoms with Crippen molar-refractivity contribution >= 4 is 11.6 Å². The van der Waals surface area contributed by atoms with Crippen LogP contribution in [0.1, 0.15) is 43.0 Å². The Labute approximate surface area is 130 Å². The van der Waals surface area contributed by atoms with Gasteiger partial charge in [-0.05, 0) is 61.1 Å². The van der Waals surface area contributed by atoms with Crippen molar-refractivity contribution in [3.63, 3.8) is 0 Å². The van der Waals surface area contributed by atoms with E-state index in [4.69, 9.17) is 11.6 Å². The van der Waals surface area contributed by atoms with E-state index in [2.05, 4.69) is 18.3 Å². The van der Waals surface area contributed by atoms with Crippen molar-refractivity contribution in [1.82, 2.24) is 5.32 Å². The van der Waals surface area contributed by atoms with E-state index in [1.54, 1.807) is 0 Å². The molecule has 0 spiro atoms. The van der Waals surface area contributed by atoms with Gasteiger partial charge in [0.15, 0.2) is 0 Å². The van der Waals surface area contributed by atoms with Crippen molar-refractivity contribution in [2.75, 3.05) is 0 Å². The summed E-state index contributed by atoms with van der Waals surface area (Å²) in [7, 11) is 0. The molecule has 0 radical (unpaired) electrons. The number of hydrogen-bond donors (Lipinski definition) is 1. The summed E-state index contributed by atoms with van der Waals surface area (Å²) in [6, 6.07) is 15.3. The van der Waals surface area contributed by atoms with Gasteiger partial charge in [-0.3, -0.25) is 0 Å². The van der Waals surface area contributed by atoms with Gasteiger partial charge in [0, 0.05) is 17.1 Å². The summed E-state index contributed by atoms with van der Waals surface area (Å²) in [4.78, 5) is 0. The maximum atomic E-state index is 13.1. The van der Waals surface area contributed by atoms with Crippen molar-refractivity contribution in [3.05, 3.63) is 70.5 Å². The van der Waals surface area contributed by atoms with E-state index in [9.17, 15) is 4.39 Å². The van der Waals surface area contributed by atoms with Crippen LogP contribution in [0, 0.1) is 11.7 Å². The van der Waals surface area contributed by atoms with Gasteiger partial charge in [-0.25, -0.2) is 4.39 Å². The van der Waals surface area contributed by atoms with Crippen molar-refractivity contribution < 1.29 is 4.39 Å². The third-order valence-electron chi connectivity index (χ3n) is 4.10. The van der Waals surface area contributed by atoms with Crippen LogP contribution in [0.3, 0.4) is 0 Å². The topological polar surface area (TPSA) is 12.0 Å². The Balaban J connectivity index is 1.77. The van der Waals surface area contributed by atoms with Gasteiger partial charge in [-0.15, -0.1) is 0 Å². The molecular weight excluding hydrogens is 285 g/mol. The summed E-state index contributed by atoms with van der Waals surface area (Å²) < 4.78 is 13.1. The average molecular weight is 304 g/mol. The molecule has 110 valence electrons. The fraction of sp³-hybridized carbons (Fsp3) is 0.333. The molecule has 1 nitrogen and oxygen atoms in total. The predicted molar refractivity (Wildman–Crippen MR) is 84.9 cm³/mol. The van der Waals surface area contributed by atoms with Gasteiger partial charge in [0.25, 0.3) is 0 Å². The smallest absolute Gasteiger partial charge is 0.123 e. The lowest BCUT2D eigenvalue weighted by Crippen LogP contribution is -2.26. The van der Waals surface area contributed by atoms with Crippen molar-refractivity contribution in [1.29, 1.82) is 0 Å². The molecule has 1 fully saturated rings. The molecule has 1 saturated carbocycles. The standard InChI is InChI=1S/C18H19ClFN/c1-12(15-3-2-4-16(19)11-15)21-18(13-5-6-13)14-7-9-17(20)10-8-14/h2-4,7-13,18,21H,5-6H2,1H3/t12-,18?/m0/s1. The van der Waals surface area contributed by atoms with Gasteiger partial charge in [-0.2, -0.15) is 0 Å². The second-order valence-corrected chi connectivity index (χ2v) is 6.25. The largest absolute Gasteiger partial charge is 0.303 e. The maximum Gasteiger partial charge on any atom is 0.123 e. The lowest BCUT2D eigenvalue weighted by atomic mass is 9.99. The van der Waals surface area contributed by atoms with Gasteiger partial charge in [0.05, 0.1) is 0 Å². The van der Waals surface area contributed by atoms with Crippen LogP contribution in [0.2, 0.25) is 5.02 Å². The molecule has 0 amide bonds. The molecule has 2 atom stereocenters. The first-order chi connectivity index (χ1) is 10.1. The minimum Gasteiger partial charge on any atom is -0.303 e. The lowest BCUT2D eigenvalue weighted by Gasteiger charge is -2.24. The molecule has 0 heterocycles. The Bertz CT molecular complexity index is 607. The Morgan fingerprint density at radius 3 is 2.43 bits per heavy atom. The highest BCUT2D eigenvalue weighted by Crippen LogP contribution is 2.42. The van der Waals surface area contributed by atoms with E-state index < -0.39 is 0 Å². The number of halogens is 2. The molecule has 2 aromatic rings. The summed E-state index contributed by atoms with van der Waals surface area (Å²) >= 11 is 6.07. The van der Waals surface area contributed by atoms with Crippen LogP contribution in [-0.2, 0) is 0 Å². The molecule has 0 aliphatic heterocycles. The fourth-order valence-corrected chi connectivity index (χ4v) is 2.94. The van der Waals surface area contributed by atoms with Crippen LogP contribution in [0.4, 0.5) is 4.39 Å². The van der Waals surface area contributed by atoms with Crippen LogP contribution >= 0.6 is 11.6 Å². The number of rotatable bonds is 5. The van der Waals surface area contributed by atoms with Crippen molar-refractivity contribution in [3.8, 4) is 0 Å². The van der Waals surface area contributed by atoms with Crippen LogP contribution < -0.4 is 5.32 Å². The Kier molecular flexibility index (Phi) is 4.27. The molecule has 2 aromatic carbocycles. The highest BCUT2D eigenvalue weighted by molar-refractivity contribution is 6.30. The molecule has 21 heavy (non-hydrogen) atoms. The van der Waals surface area contributed by atoms with E-state index in [0.29, 0.717) is 5.92 Å². The van der Waals surface area contributed by atoms with E-state index in [1.807, 2.05) is 30.3 Å². The first kappa shape index (κ1) is 14.6. The number of hydrogen-bond acceptors (Lipinski definition) is 1. The Morgan fingerprint density at radius 1 is 1.10 bits per heavy atom. The molecule has 1 unspecified atom stereocenters. The molecule has 0 saturated heterocycles. The lowest BCUT2D eigenvalue weighted by molar-refractivity contribution is 0.427. The van der Waals surface area contributed by atoms with Crippen LogP contribution in [0.5, 0.6) is 0 Å². The van der Waals surface area contributed by atoms with Crippen molar-refractivity contribution in [2.45, 2.75) is 31.8 Å². The SMILES string of the molecule is C[C@H](NC(c1ccc(F)cc1)C1CC1)c1cccc(Cl)c1. The molecule has 0 bridgehead atoms. The van der Waals surface area contributed by atoms with Crippen LogP contribution in [0.25, 0.3) is 0 Å². The summed E-state index contributed by atoms with van der Waals surface area (Å²) in [6.45, 7) is 2.14. The van der Waals surface area contributed by atoms with Crippen molar-refractivity contribution in [2.24, 2.45) is 5.92 Å². The van der Waals surface area contributed by atoms with E-state index >= 15 is 0 Å². The molecule has 1 aliphatic carbocycles. The van der Waals surface area contributed by atoms with Crippen LogP contribution in [0.15, 0.2) is 48.5 Å². The zero-order valence-electron chi connectivity index (χ0n) is 12.0. The van der Waals surface area contributed by atoms with Crippen LogP contribution in [-0.4, -0.2) is 0 Å². The highest BCUT2D eigenvalue weighted by Gasteiger charge is 2.33. The van der Waals surface area contributed by atoms with E-state index in [1.165, 1.54) is 30.5 Å². The zero-order valence-corrected chi connectivity index (χ0v) is 12.8. The summed E-state index contributed by atoms with van der Waals surface area (Å²) in [5.41, 5.74) is 2.34. The summed E-state index contributed by atoms with van der Waals surface area (Å²) in [5.74, 6) is 0.466. The Morgan fingerprint density at radius 2 is 1.81 bits per heavy atom. The van der Waals surface area contributed by atoms with Gasteiger partial charge >= 0.3 is 0 Å². The quantitative estimate of drug-likeness (QED) is 0.792. The first-order valence-electron chi connectivity index (χ1n) is 7.40. The zero-order chi connectivity index (χ0) is 14.8. The molecule has 0 aromatic heterocycles. The molecule has 3 heteroatoms. The highest BCUT2D eigenvalue weighted by atomic mass is 35.5. The Hall–Kier alpha value is -1.38. The van der Waals surface area contributed by atoms with Gasteiger partial charge in [0.1, 0.15) is 5.82 Å².